The highest BCUT2D eigenvalue weighted by atomic mass is 19.4. The first-order chi connectivity index (χ1) is 10.8. The Balaban J connectivity index is 3.28. The maximum Gasteiger partial charge on any atom is 0.441 e. The number of anilines is 1. The van der Waals surface area contributed by atoms with Crippen molar-refractivity contribution < 1.29 is 27.5 Å². The molecular weight excluding hydrogens is 313 g/mol. The highest BCUT2D eigenvalue weighted by Gasteiger charge is 2.63. The molecule has 0 aliphatic rings. The van der Waals surface area contributed by atoms with Gasteiger partial charge in [-0.05, 0) is 25.5 Å². The maximum absolute atomic E-state index is 13.7. The summed E-state index contributed by atoms with van der Waals surface area (Å²) in [6.07, 6.45) is -4.90. The first-order valence-corrected chi connectivity index (χ1v) is 7.15. The number of carbonyl (C=O) groups excluding carboxylic acids is 2. The predicted molar refractivity (Wildman–Crippen MR) is 78.5 cm³/mol. The van der Waals surface area contributed by atoms with Gasteiger partial charge in [0.25, 0.3) is 0 Å². The zero-order valence-electron chi connectivity index (χ0n) is 12.9. The van der Waals surface area contributed by atoms with Crippen LogP contribution >= 0.6 is 0 Å². The predicted octanol–water partition coefficient (Wildman–Crippen LogP) is 2.84. The molecule has 2 N–H and O–H groups in total. The van der Waals surface area contributed by atoms with Crippen molar-refractivity contribution in [2.75, 3.05) is 11.9 Å². The standard InChI is InChI=1S/C15H19F3N2O3/c1-3-8-12(21)20-14(15(16,17)18,13(22)23-4-2)19-11-9-6-5-7-10-11/h5-7,9-10,19H,3-4,8H2,1-2H3,(H,20,21)/t14-/m1/s1. The lowest BCUT2D eigenvalue weighted by Gasteiger charge is -2.35. The third kappa shape index (κ3) is 4.61. The molecule has 0 fully saturated rings. The summed E-state index contributed by atoms with van der Waals surface area (Å²) in [7, 11) is 0. The smallest absolute Gasteiger partial charge is 0.441 e. The molecule has 0 radical (unpaired) electrons. The molecule has 0 aliphatic carbocycles. The van der Waals surface area contributed by atoms with E-state index in [-0.39, 0.29) is 18.7 Å². The van der Waals surface area contributed by atoms with E-state index < -0.39 is 23.7 Å². The molecule has 128 valence electrons. The Morgan fingerprint density at radius 1 is 1.13 bits per heavy atom. The van der Waals surface area contributed by atoms with Crippen LogP contribution in [0.3, 0.4) is 0 Å². The number of rotatable bonds is 7. The number of benzene rings is 1. The quantitative estimate of drug-likeness (QED) is 0.595. The number of carbonyl (C=O) groups is 2. The molecule has 0 saturated carbocycles. The lowest BCUT2D eigenvalue weighted by Crippen LogP contribution is -2.69. The summed E-state index contributed by atoms with van der Waals surface area (Å²) in [6, 6.07) is 7.32. The van der Waals surface area contributed by atoms with Gasteiger partial charge in [-0.2, -0.15) is 13.2 Å². The van der Waals surface area contributed by atoms with E-state index in [4.69, 9.17) is 0 Å². The van der Waals surface area contributed by atoms with Crippen molar-refractivity contribution in [2.24, 2.45) is 0 Å². The summed E-state index contributed by atoms with van der Waals surface area (Å²) in [6.45, 7) is 2.77. The fraction of sp³-hybridized carbons (Fsp3) is 0.467. The van der Waals surface area contributed by atoms with Crippen LogP contribution in [0.2, 0.25) is 0 Å². The molecule has 5 nitrogen and oxygen atoms in total. The molecule has 0 aliphatic heterocycles. The molecule has 0 saturated heterocycles. The Hall–Kier alpha value is -2.25. The lowest BCUT2D eigenvalue weighted by molar-refractivity contribution is -0.207. The van der Waals surface area contributed by atoms with Crippen molar-refractivity contribution in [3.8, 4) is 0 Å². The van der Waals surface area contributed by atoms with Gasteiger partial charge in [0.05, 0.1) is 6.61 Å². The van der Waals surface area contributed by atoms with Crippen molar-refractivity contribution in [2.45, 2.75) is 38.5 Å². The minimum absolute atomic E-state index is 0.0228. The van der Waals surface area contributed by atoms with E-state index in [2.05, 4.69) is 10.1 Å². The van der Waals surface area contributed by atoms with Gasteiger partial charge >= 0.3 is 17.8 Å². The zero-order chi connectivity index (χ0) is 17.5. The molecule has 8 heteroatoms. The molecular formula is C15H19F3N2O3. The van der Waals surface area contributed by atoms with Gasteiger partial charge in [0.2, 0.25) is 5.91 Å². The second-order valence-corrected chi connectivity index (χ2v) is 4.76. The first kappa shape index (κ1) is 18.8. The number of hydrogen-bond acceptors (Lipinski definition) is 4. The van der Waals surface area contributed by atoms with E-state index in [1.165, 1.54) is 31.2 Å². The molecule has 1 atom stereocenters. The second kappa shape index (κ2) is 7.85. The van der Waals surface area contributed by atoms with E-state index in [9.17, 15) is 22.8 Å². The third-order valence-electron chi connectivity index (χ3n) is 2.92. The summed E-state index contributed by atoms with van der Waals surface area (Å²) in [4.78, 5) is 23.8. The van der Waals surface area contributed by atoms with E-state index in [0.29, 0.717) is 6.42 Å². The van der Waals surface area contributed by atoms with E-state index in [0.717, 1.165) is 0 Å². The zero-order valence-corrected chi connectivity index (χ0v) is 12.9. The van der Waals surface area contributed by atoms with Crippen LogP contribution in [-0.2, 0) is 14.3 Å². The second-order valence-electron chi connectivity index (χ2n) is 4.76. The Morgan fingerprint density at radius 3 is 2.22 bits per heavy atom. The number of esters is 1. The van der Waals surface area contributed by atoms with Gasteiger partial charge in [-0.25, -0.2) is 4.79 Å². The van der Waals surface area contributed by atoms with Crippen LogP contribution in [0.15, 0.2) is 30.3 Å². The summed E-state index contributed by atoms with van der Waals surface area (Å²) < 4.78 is 45.5. The number of hydrogen-bond donors (Lipinski definition) is 2. The molecule has 1 rings (SSSR count). The molecule has 23 heavy (non-hydrogen) atoms. The van der Waals surface area contributed by atoms with Crippen molar-refractivity contribution in [1.29, 1.82) is 0 Å². The number of ether oxygens (including phenoxy) is 1. The minimum atomic E-state index is -5.10. The van der Waals surface area contributed by atoms with Crippen LogP contribution < -0.4 is 10.6 Å². The number of nitrogens with one attached hydrogen (secondary N) is 2. The molecule has 1 aromatic carbocycles. The molecule has 1 aromatic rings. The molecule has 0 unspecified atom stereocenters. The van der Waals surface area contributed by atoms with Gasteiger partial charge in [0.15, 0.2) is 0 Å². The van der Waals surface area contributed by atoms with Crippen LogP contribution in [0.1, 0.15) is 26.7 Å². The Labute approximate surface area is 132 Å². The van der Waals surface area contributed by atoms with Crippen molar-refractivity contribution in [3.05, 3.63) is 30.3 Å². The number of amides is 1. The van der Waals surface area contributed by atoms with Crippen LogP contribution in [-0.4, -0.2) is 30.3 Å². The average Bonchev–Trinajstić information content (AvgIpc) is 2.46. The number of para-hydroxylation sites is 1. The Morgan fingerprint density at radius 2 is 1.74 bits per heavy atom. The summed E-state index contributed by atoms with van der Waals surface area (Å²) in [5, 5.41) is 3.83. The SMILES string of the molecule is CCCC(=O)N[C@](Nc1ccccc1)(C(=O)OCC)C(F)(F)F. The third-order valence-corrected chi connectivity index (χ3v) is 2.92. The summed E-state index contributed by atoms with van der Waals surface area (Å²) in [5.41, 5.74) is -3.31. The monoisotopic (exact) mass is 332 g/mol. The molecule has 1 amide bonds. The van der Waals surface area contributed by atoms with Crippen LogP contribution in [0.25, 0.3) is 0 Å². The van der Waals surface area contributed by atoms with E-state index in [1.54, 1.807) is 18.3 Å². The summed E-state index contributed by atoms with van der Waals surface area (Å²) >= 11 is 0. The van der Waals surface area contributed by atoms with Gasteiger partial charge in [0, 0.05) is 12.1 Å². The van der Waals surface area contributed by atoms with Crippen molar-refractivity contribution in [1.82, 2.24) is 5.32 Å². The van der Waals surface area contributed by atoms with Crippen molar-refractivity contribution in [3.63, 3.8) is 0 Å². The fourth-order valence-corrected chi connectivity index (χ4v) is 1.87. The Bertz CT molecular complexity index is 535. The topological polar surface area (TPSA) is 67.4 Å². The molecule has 0 spiro atoms. The van der Waals surface area contributed by atoms with Crippen LogP contribution in [0.5, 0.6) is 0 Å². The fourth-order valence-electron chi connectivity index (χ4n) is 1.87. The molecule has 0 aromatic heterocycles. The van der Waals surface area contributed by atoms with Gasteiger partial charge in [-0.3, -0.25) is 4.79 Å². The normalized spacial score (nSPS) is 13.8. The lowest BCUT2D eigenvalue weighted by atomic mass is 10.1. The summed E-state index contributed by atoms with van der Waals surface area (Å²) in [5.74, 6) is -2.51. The minimum Gasteiger partial charge on any atom is -0.463 e. The average molecular weight is 332 g/mol. The van der Waals surface area contributed by atoms with E-state index >= 15 is 0 Å². The highest BCUT2D eigenvalue weighted by molar-refractivity contribution is 5.91. The van der Waals surface area contributed by atoms with Crippen molar-refractivity contribution >= 4 is 17.6 Å². The van der Waals surface area contributed by atoms with Gasteiger partial charge < -0.3 is 15.4 Å². The first-order valence-electron chi connectivity index (χ1n) is 7.15. The molecule has 0 bridgehead atoms. The molecule has 0 heterocycles. The van der Waals surface area contributed by atoms with Crippen LogP contribution in [0.4, 0.5) is 18.9 Å². The van der Waals surface area contributed by atoms with Gasteiger partial charge in [0.1, 0.15) is 0 Å². The van der Waals surface area contributed by atoms with Gasteiger partial charge in [-0.1, -0.05) is 25.1 Å². The number of alkyl halides is 3. The number of halogens is 3. The maximum atomic E-state index is 13.7. The largest absolute Gasteiger partial charge is 0.463 e. The van der Waals surface area contributed by atoms with Crippen LogP contribution in [0, 0.1) is 0 Å². The highest BCUT2D eigenvalue weighted by Crippen LogP contribution is 2.33. The van der Waals surface area contributed by atoms with Gasteiger partial charge in [-0.15, -0.1) is 0 Å². The van der Waals surface area contributed by atoms with E-state index in [1.807, 2.05) is 0 Å². The Kier molecular flexibility index (Phi) is 6.41.